The molecule has 0 spiro atoms. The number of thiophene rings is 1. The summed E-state index contributed by atoms with van der Waals surface area (Å²) in [6.45, 7) is 4.28. The van der Waals surface area contributed by atoms with Crippen LogP contribution in [0, 0.1) is 6.92 Å². The van der Waals surface area contributed by atoms with E-state index in [1.165, 1.54) is 16.0 Å². The molecule has 0 fully saturated rings. The van der Waals surface area contributed by atoms with E-state index < -0.39 is 0 Å². The summed E-state index contributed by atoms with van der Waals surface area (Å²) in [5.41, 5.74) is 2.73. The second kappa shape index (κ2) is 5.10. The van der Waals surface area contributed by atoms with Crippen molar-refractivity contribution in [3.8, 4) is 0 Å². The Balaban J connectivity index is 1.81. The molecule has 0 unspecified atom stereocenters. The summed E-state index contributed by atoms with van der Waals surface area (Å²) in [7, 11) is 0. The highest BCUT2D eigenvalue weighted by Crippen LogP contribution is 2.06. The number of nitrogens with two attached hydrogens (primary N) is 1. The highest BCUT2D eigenvalue weighted by molar-refractivity contribution is 7.09. The van der Waals surface area contributed by atoms with Crippen molar-refractivity contribution in [1.29, 1.82) is 0 Å². The van der Waals surface area contributed by atoms with Gasteiger partial charge >= 0.3 is 0 Å². The van der Waals surface area contributed by atoms with E-state index in [0.717, 1.165) is 13.1 Å². The van der Waals surface area contributed by atoms with Crippen LogP contribution in [0.25, 0.3) is 0 Å². The van der Waals surface area contributed by atoms with Crippen molar-refractivity contribution in [3.63, 3.8) is 0 Å². The molecule has 2 rings (SSSR count). The average Bonchev–Trinajstić information content (AvgIpc) is 2.74. The van der Waals surface area contributed by atoms with Gasteiger partial charge < -0.3 is 5.32 Å². The number of quaternary nitrogens is 1. The Morgan fingerprint density at radius 1 is 1.07 bits per heavy atom. The van der Waals surface area contributed by atoms with Crippen molar-refractivity contribution in [3.05, 3.63) is 57.8 Å². The first-order chi connectivity index (χ1) is 7.34. The van der Waals surface area contributed by atoms with E-state index in [4.69, 9.17) is 0 Å². The summed E-state index contributed by atoms with van der Waals surface area (Å²) in [6.07, 6.45) is 0. The number of aryl methyl sites for hydroxylation is 1. The van der Waals surface area contributed by atoms with Crippen molar-refractivity contribution >= 4 is 11.3 Å². The molecular formula is C13H16NS+. The Labute approximate surface area is 94.8 Å². The smallest absolute Gasteiger partial charge is 0.111 e. The predicted octanol–water partition coefficient (Wildman–Crippen LogP) is 2.32. The molecule has 0 aliphatic heterocycles. The van der Waals surface area contributed by atoms with Crippen LogP contribution in [0.4, 0.5) is 0 Å². The van der Waals surface area contributed by atoms with Gasteiger partial charge in [-0.3, -0.25) is 0 Å². The molecule has 0 atom stereocenters. The molecule has 0 bridgehead atoms. The van der Waals surface area contributed by atoms with Gasteiger partial charge in [-0.05, 0) is 18.4 Å². The maximum atomic E-state index is 2.34. The summed E-state index contributed by atoms with van der Waals surface area (Å²) < 4.78 is 0. The quantitative estimate of drug-likeness (QED) is 0.811. The zero-order valence-electron chi connectivity index (χ0n) is 8.94. The molecule has 0 radical (unpaired) electrons. The van der Waals surface area contributed by atoms with E-state index in [1.807, 2.05) is 11.3 Å². The molecule has 1 aromatic carbocycles. The lowest BCUT2D eigenvalue weighted by atomic mass is 10.1. The molecule has 0 saturated carbocycles. The lowest BCUT2D eigenvalue weighted by Crippen LogP contribution is -2.80. The van der Waals surface area contributed by atoms with Crippen molar-refractivity contribution in [2.75, 3.05) is 0 Å². The maximum Gasteiger partial charge on any atom is 0.111 e. The minimum absolute atomic E-state index is 1.07. The van der Waals surface area contributed by atoms with Crippen LogP contribution in [0.1, 0.15) is 16.0 Å². The summed E-state index contributed by atoms with van der Waals surface area (Å²) in [6, 6.07) is 13.1. The molecule has 0 amide bonds. The van der Waals surface area contributed by atoms with E-state index >= 15 is 0 Å². The minimum Gasteiger partial charge on any atom is -0.338 e. The Morgan fingerprint density at radius 3 is 2.53 bits per heavy atom. The lowest BCUT2D eigenvalue weighted by molar-refractivity contribution is -0.685. The Hall–Kier alpha value is -1.12. The predicted molar refractivity (Wildman–Crippen MR) is 64.8 cm³/mol. The highest BCUT2D eigenvalue weighted by Gasteiger charge is 1.97. The third kappa shape index (κ3) is 3.18. The van der Waals surface area contributed by atoms with Gasteiger partial charge in [0.05, 0.1) is 4.88 Å². The monoisotopic (exact) mass is 218 g/mol. The molecule has 2 aromatic rings. The molecule has 1 heterocycles. The van der Waals surface area contributed by atoms with Crippen LogP contribution in [0.15, 0.2) is 41.8 Å². The Morgan fingerprint density at radius 2 is 1.87 bits per heavy atom. The van der Waals surface area contributed by atoms with Crippen LogP contribution >= 0.6 is 11.3 Å². The molecular weight excluding hydrogens is 202 g/mol. The van der Waals surface area contributed by atoms with Crippen molar-refractivity contribution in [2.45, 2.75) is 20.0 Å². The van der Waals surface area contributed by atoms with E-state index in [-0.39, 0.29) is 0 Å². The number of hydrogen-bond acceptors (Lipinski definition) is 1. The highest BCUT2D eigenvalue weighted by atomic mass is 32.1. The van der Waals surface area contributed by atoms with Crippen LogP contribution in [-0.4, -0.2) is 0 Å². The Kier molecular flexibility index (Phi) is 3.54. The van der Waals surface area contributed by atoms with Gasteiger partial charge in [-0.2, -0.15) is 0 Å². The molecule has 2 heteroatoms. The number of hydrogen-bond donors (Lipinski definition) is 1. The number of benzene rings is 1. The van der Waals surface area contributed by atoms with Gasteiger partial charge in [-0.25, -0.2) is 0 Å². The SMILES string of the molecule is Cc1ccc(C[NH2+]Cc2cccs2)cc1. The maximum absolute atomic E-state index is 2.34. The largest absolute Gasteiger partial charge is 0.338 e. The van der Waals surface area contributed by atoms with Gasteiger partial charge in [0.15, 0.2) is 0 Å². The zero-order valence-corrected chi connectivity index (χ0v) is 9.76. The van der Waals surface area contributed by atoms with Gasteiger partial charge in [0, 0.05) is 5.56 Å². The third-order valence-electron chi connectivity index (χ3n) is 2.43. The van der Waals surface area contributed by atoms with Crippen LogP contribution in [-0.2, 0) is 13.1 Å². The van der Waals surface area contributed by atoms with Crippen LogP contribution in [0.2, 0.25) is 0 Å². The van der Waals surface area contributed by atoms with Gasteiger partial charge in [0.25, 0.3) is 0 Å². The second-order valence-electron chi connectivity index (χ2n) is 3.76. The summed E-state index contributed by atoms with van der Waals surface area (Å²) >= 11 is 1.83. The fourth-order valence-electron chi connectivity index (χ4n) is 1.53. The summed E-state index contributed by atoms with van der Waals surface area (Å²) in [5, 5.41) is 4.48. The number of rotatable bonds is 4. The lowest BCUT2D eigenvalue weighted by Gasteiger charge is -2.00. The fourth-order valence-corrected chi connectivity index (χ4v) is 2.24. The van der Waals surface area contributed by atoms with Gasteiger partial charge in [-0.1, -0.05) is 35.9 Å². The van der Waals surface area contributed by atoms with Crippen LogP contribution in [0.3, 0.4) is 0 Å². The molecule has 78 valence electrons. The summed E-state index contributed by atoms with van der Waals surface area (Å²) in [4.78, 5) is 1.45. The fraction of sp³-hybridized carbons (Fsp3) is 0.231. The first-order valence-corrected chi connectivity index (χ1v) is 6.12. The standard InChI is InChI=1S/C13H15NS/c1-11-4-6-12(7-5-11)9-14-10-13-3-2-8-15-13/h2-8,14H,9-10H2,1H3/p+1. The normalized spacial score (nSPS) is 10.5. The first-order valence-electron chi connectivity index (χ1n) is 5.24. The Bertz CT molecular complexity index is 389. The molecule has 1 nitrogen and oxygen atoms in total. The van der Waals surface area contributed by atoms with Gasteiger partial charge in [0.2, 0.25) is 0 Å². The molecule has 15 heavy (non-hydrogen) atoms. The van der Waals surface area contributed by atoms with E-state index in [1.54, 1.807) is 0 Å². The van der Waals surface area contributed by atoms with Gasteiger partial charge in [-0.15, -0.1) is 11.3 Å². The summed E-state index contributed by atoms with van der Waals surface area (Å²) in [5.74, 6) is 0. The third-order valence-corrected chi connectivity index (χ3v) is 3.32. The van der Waals surface area contributed by atoms with Crippen LogP contribution in [0.5, 0.6) is 0 Å². The van der Waals surface area contributed by atoms with E-state index in [0.29, 0.717) is 0 Å². The molecule has 0 saturated heterocycles. The first kappa shape index (κ1) is 10.4. The molecule has 0 aliphatic carbocycles. The second-order valence-corrected chi connectivity index (χ2v) is 4.79. The van der Waals surface area contributed by atoms with E-state index in [2.05, 4.69) is 54.0 Å². The average molecular weight is 218 g/mol. The van der Waals surface area contributed by atoms with Crippen LogP contribution < -0.4 is 5.32 Å². The minimum atomic E-state index is 1.07. The van der Waals surface area contributed by atoms with Crippen molar-refractivity contribution < 1.29 is 5.32 Å². The molecule has 0 aliphatic rings. The van der Waals surface area contributed by atoms with Crippen molar-refractivity contribution in [2.24, 2.45) is 0 Å². The topological polar surface area (TPSA) is 16.6 Å². The van der Waals surface area contributed by atoms with Crippen molar-refractivity contribution in [1.82, 2.24) is 0 Å². The zero-order chi connectivity index (χ0) is 10.5. The van der Waals surface area contributed by atoms with E-state index in [9.17, 15) is 0 Å². The molecule has 1 aromatic heterocycles. The molecule has 2 N–H and O–H groups in total. The van der Waals surface area contributed by atoms with Gasteiger partial charge in [0.1, 0.15) is 13.1 Å².